The number of aromatic nitrogens is 4. The molecule has 3 rings (SSSR count). The molecule has 0 saturated carbocycles. The Morgan fingerprint density at radius 3 is 2.35 bits per heavy atom. The van der Waals surface area contributed by atoms with E-state index in [9.17, 15) is 27.6 Å². The number of ether oxygens (including phenoxy) is 1. The predicted molar refractivity (Wildman–Crippen MR) is 127 cm³/mol. The van der Waals surface area contributed by atoms with Crippen molar-refractivity contribution in [1.29, 1.82) is 0 Å². The molecule has 1 aliphatic rings. The lowest BCUT2D eigenvalue weighted by molar-refractivity contribution is -0.192. The zero-order valence-electron chi connectivity index (χ0n) is 20.7. The maximum absolute atomic E-state index is 13.3. The standard InChI is InChI=1S/C20H28N6O4.C2HF3O2/c1-4-6-11-25-16-17(22-19(25)24-13-9-21-10-14-24)23(3)20(29)26(18(16)28)12-7-8-15(27)30-5-2;3-2(4,5)1(6)7/h21H,5,7-14H2,1-3H3;(H,6,7). The summed E-state index contributed by atoms with van der Waals surface area (Å²) in [6, 6.07) is 0. The second-order valence-corrected chi connectivity index (χ2v) is 7.84. The van der Waals surface area contributed by atoms with Gasteiger partial charge in [-0.15, -0.1) is 5.92 Å². The molecule has 0 radical (unpaired) electrons. The molecule has 3 heterocycles. The molecule has 204 valence electrons. The van der Waals surface area contributed by atoms with Crippen molar-refractivity contribution >= 4 is 29.1 Å². The molecule has 37 heavy (non-hydrogen) atoms. The van der Waals surface area contributed by atoms with Gasteiger partial charge in [0.15, 0.2) is 11.2 Å². The number of fused-ring (bicyclic) bond motifs is 1. The van der Waals surface area contributed by atoms with E-state index in [1.165, 1.54) is 9.13 Å². The number of esters is 1. The summed E-state index contributed by atoms with van der Waals surface area (Å²) < 4.78 is 41.0. The smallest absolute Gasteiger partial charge is 0.475 e. The first-order valence-electron chi connectivity index (χ1n) is 11.4. The maximum atomic E-state index is 13.3. The van der Waals surface area contributed by atoms with Gasteiger partial charge in [-0.2, -0.15) is 18.2 Å². The molecule has 2 aromatic heterocycles. The molecule has 0 aromatic carbocycles. The largest absolute Gasteiger partial charge is 0.490 e. The quantitative estimate of drug-likeness (QED) is 0.382. The molecule has 15 heteroatoms. The van der Waals surface area contributed by atoms with Gasteiger partial charge in [0.05, 0.1) is 13.2 Å². The van der Waals surface area contributed by atoms with Crippen molar-refractivity contribution in [3.05, 3.63) is 20.8 Å². The Labute approximate surface area is 209 Å². The Kier molecular flexibility index (Phi) is 10.3. The first-order chi connectivity index (χ1) is 17.4. The lowest BCUT2D eigenvalue weighted by Crippen LogP contribution is -2.44. The third-order valence-corrected chi connectivity index (χ3v) is 5.34. The molecule has 0 atom stereocenters. The number of aliphatic carboxylic acids is 1. The van der Waals surface area contributed by atoms with Crippen LogP contribution in [0.25, 0.3) is 11.2 Å². The number of carbonyl (C=O) groups excluding carboxylic acids is 1. The average Bonchev–Trinajstić information content (AvgIpc) is 3.23. The molecule has 0 bridgehead atoms. The number of hydrogen-bond acceptors (Lipinski definition) is 8. The molecule has 1 saturated heterocycles. The minimum atomic E-state index is -5.08. The highest BCUT2D eigenvalue weighted by Crippen LogP contribution is 2.20. The van der Waals surface area contributed by atoms with Gasteiger partial charge >= 0.3 is 23.8 Å². The number of nitrogens with zero attached hydrogens (tertiary/aromatic N) is 5. The van der Waals surface area contributed by atoms with Gasteiger partial charge in [-0.3, -0.25) is 23.3 Å². The summed E-state index contributed by atoms with van der Waals surface area (Å²) in [4.78, 5) is 53.4. The Morgan fingerprint density at radius 1 is 1.19 bits per heavy atom. The van der Waals surface area contributed by atoms with Crippen LogP contribution in [0.3, 0.4) is 0 Å². The van der Waals surface area contributed by atoms with Crippen molar-refractivity contribution in [3.63, 3.8) is 0 Å². The number of aryl methyl sites for hydroxylation is 1. The first-order valence-corrected chi connectivity index (χ1v) is 11.4. The van der Waals surface area contributed by atoms with Crippen LogP contribution >= 0.6 is 0 Å². The summed E-state index contributed by atoms with van der Waals surface area (Å²) in [7, 11) is 1.61. The summed E-state index contributed by atoms with van der Waals surface area (Å²) in [6.07, 6.45) is -4.60. The molecule has 2 N–H and O–H groups in total. The van der Waals surface area contributed by atoms with Crippen LogP contribution in [0.15, 0.2) is 9.59 Å². The molecule has 1 fully saturated rings. The summed E-state index contributed by atoms with van der Waals surface area (Å²) in [5, 5.41) is 10.4. The number of hydrogen-bond donors (Lipinski definition) is 2. The van der Waals surface area contributed by atoms with E-state index in [2.05, 4.69) is 27.0 Å². The van der Waals surface area contributed by atoms with Crippen LogP contribution in [0.4, 0.5) is 19.1 Å². The van der Waals surface area contributed by atoms with Crippen molar-refractivity contribution in [2.75, 3.05) is 37.7 Å². The van der Waals surface area contributed by atoms with Crippen LogP contribution in [0.5, 0.6) is 0 Å². The van der Waals surface area contributed by atoms with E-state index in [1.54, 1.807) is 25.5 Å². The Hall–Kier alpha value is -3.80. The number of nitrogens with one attached hydrogen (secondary N) is 1. The Morgan fingerprint density at radius 2 is 1.81 bits per heavy atom. The Bertz CT molecular complexity index is 1290. The van der Waals surface area contributed by atoms with Crippen LogP contribution in [0, 0.1) is 11.8 Å². The number of carbonyl (C=O) groups is 2. The lowest BCUT2D eigenvalue weighted by atomic mass is 10.3. The van der Waals surface area contributed by atoms with Gasteiger partial charge in [-0.25, -0.2) is 9.59 Å². The molecule has 12 nitrogen and oxygen atoms in total. The fourth-order valence-corrected chi connectivity index (χ4v) is 3.59. The maximum Gasteiger partial charge on any atom is 0.490 e. The fourth-order valence-electron chi connectivity index (χ4n) is 3.59. The van der Waals surface area contributed by atoms with Crippen molar-refractivity contribution in [2.24, 2.45) is 7.05 Å². The minimum absolute atomic E-state index is 0.133. The van der Waals surface area contributed by atoms with E-state index < -0.39 is 23.4 Å². The van der Waals surface area contributed by atoms with Crippen LogP contribution in [-0.4, -0.2) is 74.7 Å². The van der Waals surface area contributed by atoms with E-state index in [1.807, 2.05) is 0 Å². The second kappa shape index (κ2) is 12.9. The molecule has 2 aromatic rings. The third kappa shape index (κ3) is 7.35. The minimum Gasteiger partial charge on any atom is -0.475 e. The first kappa shape index (κ1) is 29.4. The molecule has 0 spiro atoms. The van der Waals surface area contributed by atoms with Crippen LogP contribution in [0.1, 0.15) is 26.7 Å². The van der Waals surface area contributed by atoms with E-state index in [0.29, 0.717) is 36.7 Å². The van der Waals surface area contributed by atoms with Crippen LogP contribution < -0.4 is 21.5 Å². The van der Waals surface area contributed by atoms with Gasteiger partial charge in [0.1, 0.15) is 0 Å². The molecular weight excluding hydrogens is 501 g/mol. The molecule has 0 amide bonds. The highest BCUT2D eigenvalue weighted by molar-refractivity contribution is 5.75. The molecule has 1 aliphatic heterocycles. The van der Waals surface area contributed by atoms with Gasteiger partial charge in [-0.1, -0.05) is 5.92 Å². The van der Waals surface area contributed by atoms with E-state index in [0.717, 1.165) is 26.2 Å². The van der Waals surface area contributed by atoms with Gasteiger partial charge in [0.2, 0.25) is 5.95 Å². The normalized spacial score (nSPS) is 13.4. The van der Waals surface area contributed by atoms with Crippen molar-refractivity contribution < 1.29 is 32.6 Å². The highest BCUT2D eigenvalue weighted by atomic mass is 19.4. The summed E-state index contributed by atoms with van der Waals surface area (Å²) in [5.74, 6) is 3.42. The highest BCUT2D eigenvalue weighted by Gasteiger charge is 2.38. The predicted octanol–water partition coefficient (Wildman–Crippen LogP) is 0.306. The van der Waals surface area contributed by atoms with Crippen molar-refractivity contribution in [3.8, 4) is 11.8 Å². The topological polar surface area (TPSA) is 141 Å². The van der Waals surface area contributed by atoms with E-state index >= 15 is 0 Å². The van der Waals surface area contributed by atoms with Gasteiger partial charge < -0.3 is 20.1 Å². The number of carboxylic acids is 1. The number of rotatable bonds is 7. The second-order valence-electron chi connectivity index (χ2n) is 7.84. The molecule has 0 unspecified atom stereocenters. The third-order valence-electron chi connectivity index (χ3n) is 5.34. The average molecular weight is 531 g/mol. The molecular formula is C22H29F3N6O6. The van der Waals surface area contributed by atoms with E-state index in [-0.39, 0.29) is 18.9 Å². The van der Waals surface area contributed by atoms with Gasteiger partial charge in [-0.05, 0) is 20.3 Å². The zero-order valence-corrected chi connectivity index (χ0v) is 20.7. The van der Waals surface area contributed by atoms with Gasteiger partial charge in [0, 0.05) is 46.2 Å². The van der Waals surface area contributed by atoms with Crippen molar-refractivity contribution in [2.45, 2.75) is 46.0 Å². The summed E-state index contributed by atoms with van der Waals surface area (Å²) in [5.41, 5.74) is -0.166. The monoisotopic (exact) mass is 530 g/mol. The van der Waals surface area contributed by atoms with Crippen LogP contribution in [-0.2, 0) is 34.5 Å². The van der Waals surface area contributed by atoms with Crippen LogP contribution in [0.2, 0.25) is 0 Å². The zero-order chi connectivity index (χ0) is 27.8. The number of halogens is 3. The van der Waals surface area contributed by atoms with E-state index in [4.69, 9.17) is 14.6 Å². The Balaban J connectivity index is 0.000000604. The van der Waals surface area contributed by atoms with Crippen molar-refractivity contribution in [1.82, 2.24) is 24.0 Å². The number of carboxylic acid groups (broad SMARTS) is 1. The van der Waals surface area contributed by atoms with Gasteiger partial charge in [0.25, 0.3) is 5.56 Å². The number of imidazole rings is 1. The fraction of sp³-hybridized carbons (Fsp3) is 0.591. The lowest BCUT2D eigenvalue weighted by Gasteiger charge is -2.28. The number of anilines is 1. The summed E-state index contributed by atoms with van der Waals surface area (Å²) in [6.45, 7) is 7.37. The SMILES string of the molecule is CC#CCn1c(N2CCNCC2)nc2c1c(=O)n(CCCC(=O)OCC)c(=O)n2C.O=C(O)C(F)(F)F. The number of piperazine rings is 1. The number of alkyl halides is 3. The molecule has 0 aliphatic carbocycles. The summed E-state index contributed by atoms with van der Waals surface area (Å²) >= 11 is 0.